The van der Waals surface area contributed by atoms with Crippen molar-refractivity contribution in [2.75, 3.05) is 0 Å². The van der Waals surface area contributed by atoms with E-state index in [0.29, 0.717) is 17.8 Å². The molecule has 0 bridgehead atoms. The van der Waals surface area contributed by atoms with Crippen LogP contribution in [0.2, 0.25) is 0 Å². The van der Waals surface area contributed by atoms with Gasteiger partial charge in [0, 0.05) is 115 Å². The highest BCUT2D eigenvalue weighted by Crippen LogP contribution is 2.46. The second-order valence-electron chi connectivity index (χ2n) is 32.0. The zero-order chi connectivity index (χ0) is 82.9. The van der Waals surface area contributed by atoms with Crippen LogP contribution in [-0.4, -0.2) is 57.3 Å². The summed E-state index contributed by atoms with van der Waals surface area (Å²) in [4.78, 5) is 31.2. The number of fused-ring (bicyclic) bond motifs is 22. The maximum Gasteiger partial charge on any atom is 0.235 e. The van der Waals surface area contributed by atoms with E-state index in [4.69, 9.17) is 29.9 Å². The van der Waals surface area contributed by atoms with E-state index < -0.39 is 0 Å². The van der Waals surface area contributed by atoms with Gasteiger partial charge in [-0.2, -0.15) is 0 Å². The fourth-order valence-corrected chi connectivity index (χ4v) is 19.5. The molecule has 0 saturated heterocycles. The molecular weight excluding hydrogens is 1540 g/mol. The molecule has 0 aliphatic carbocycles. The molecule has 0 atom stereocenters. The lowest BCUT2D eigenvalue weighted by Gasteiger charge is -2.12. The predicted octanol–water partition coefficient (Wildman–Crippen LogP) is 28.5. The lowest BCUT2D eigenvalue weighted by molar-refractivity contribution is 1.01. The van der Waals surface area contributed by atoms with Crippen LogP contribution in [0.5, 0.6) is 0 Å². The Morgan fingerprint density at radius 1 is 0.135 bits per heavy atom. The number of hydrogen-bond donors (Lipinski definition) is 0. The van der Waals surface area contributed by atoms with Gasteiger partial charge in [0.2, 0.25) is 17.8 Å². The Balaban J connectivity index is 0.000000103. The Morgan fingerprint density at radius 3 is 0.706 bits per heavy atom. The van der Waals surface area contributed by atoms with Gasteiger partial charge in [0.15, 0.2) is 0 Å². The summed E-state index contributed by atoms with van der Waals surface area (Å²) in [6.07, 6.45) is 0. The van der Waals surface area contributed by atoms with E-state index in [1.807, 2.05) is 36.4 Å². The maximum atomic E-state index is 5.26. The molecule has 0 spiro atoms. The minimum absolute atomic E-state index is 0.667. The van der Waals surface area contributed by atoms with E-state index in [9.17, 15) is 0 Å². The largest absolute Gasteiger partial charge is 0.309 e. The summed E-state index contributed by atoms with van der Waals surface area (Å²) in [7, 11) is 0. The molecule has 0 saturated carbocycles. The molecule has 0 unspecified atom stereocenters. The van der Waals surface area contributed by atoms with Crippen molar-refractivity contribution in [3.63, 3.8) is 0 Å². The summed E-state index contributed by atoms with van der Waals surface area (Å²) in [5, 5.41) is 17.6. The molecule has 0 radical (unpaired) electrons. The Morgan fingerprint density at radius 2 is 0.357 bits per heavy atom. The van der Waals surface area contributed by atoms with Crippen molar-refractivity contribution in [1.29, 1.82) is 0 Å². The van der Waals surface area contributed by atoms with Crippen LogP contribution in [0.1, 0.15) is 0 Å². The Bertz CT molecular complexity index is 8840. The average Bonchev–Trinajstić information content (AvgIpc) is 1.55. The molecule has 9 aromatic heterocycles. The number of aromatic nitrogens is 12. The second-order valence-corrected chi connectivity index (χ2v) is 32.0. The topological polar surface area (TPSA) is 107 Å². The number of hydrogen-bond acceptors (Lipinski definition) is 6. The van der Waals surface area contributed by atoms with Crippen LogP contribution >= 0.6 is 0 Å². The van der Waals surface area contributed by atoms with Crippen LogP contribution in [0, 0.1) is 0 Å². The monoisotopic (exact) mass is 1610 g/mol. The first kappa shape index (κ1) is 71.7. The van der Waals surface area contributed by atoms with Crippen LogP contribution in [-0.2, 0) is 0 Å². The van der Waals surface area contributed by atoms with Gasteiger partial charge in [-0.3, -0.25) is 13.7 Å². The molecule has 0 aliphatic rings. The fourth-order valence-electron chi connectivity index (χ4n) is 19.5. The van der Waals surface area contributed by atoms with Crippen molar-refractivity contribution >= 4 is 164 Å². The molecule has 9 heterocycles. The summed E-state index contributed by atoms with van der Waals surface area (Å²) in [5.41, 5.74) is 25.9. The summed E-state index contributed by atoms with van der Waals surface area (Å²) < 4.78 is 13.8. The van der Waals surface area contributed by atoms with E-state index >= 15 is 0 Å². The number of para-hydroxylation sites is 12. The molecule has 18 aromatic carbocycles. The summed E-state index contributed by atoms with van der Waals surface area (Å²) >= 11 is 0. The van der Waals surface area contributed by atoms with Gasteiger partial charge in [0.05, 0.1) is 99.8 Å². The van der Waals surface area contributed by atoms with Gasteiger partial charge in [-0.05, 0) is 127 Å². The normalized spacial score (nSPS) is 11.8. The second kappa shape index (κ2) is 29.3. The molecule has 27 rings (SSSR count). The molecule has 0 N–H and O–H groups in total. The number of benzene rings is 18. The zero-order valence-electron chi connectivity index (χ0n) is 67.9. The Labute approximate surface area is 721 Å². The van der Waals surface area contributed by atoms with Crippen LogP contribution in [0.15, 0.2) is 437 Å². The molecule has 27 aromatic rings. The van der Waals surface area contributed by atoms with Crippen LogP contribution < -0.4 is 0 Å². The molecular formula is C114H72N12. The van der Waals surface area contributed by atoms with Gasteiger partial charge in [-0.15, -0.1) is 0 Å². The molecule has 0 amide bonds. The SMILES string of the molecule is c1ccc(-c2nc(-n3c4ccccc4c4c5c6ccccc6n(-c6ccccc6)c5ccc43)nc3ccccc23)cc1.c1ccc(-c2nc(-n3c4ccccc4c4cc5c(cc43)c3ccccc3n5-c3ccccc3)nc3ccccc23)cc1.c1ccc(-c2nc(-n3c4ccccc4c4cc5c6ccccc6n(-c6ccccc6)c5cc43)nc3ccccc23)cc1. The quantitative estimate of drug-likeness (QED) is 0.142. The number of nitrogens with zero attached hydrogens (tertiary/aromatic N) is 12. The molecule has 0 fully saturated rings. The van der Waals surface area contributed by atoms with E-state index in [-0.39, 0.29) is 0 Å². The highest BCUT2D eigenvalue weighted by Gasteiger charge is 2.27. The van der Waals surface area contributed by atoms with Gasteiger partial charge in [-0.25, -0.2) is 29.9 Å². The van der Waals surface area contributed by atoms with Crippen molar-refractivity contribution in [2.24, 2.45) is 0 Å². The van der Waals surface area contributed by atoms with Crippen molar-refractivity contribution in [2.45, 2.75) is 0 Å². The van der Waals surface area contributed by atoms with Gasteiger partial charge < -0.3 is 13.7 Å². The predicted molar refractivity (Wildman–Crippen MR) is 521 cm³/mol. The van der Waals surface area contributed by atoms with E-state index in [1.165, 1.54) is 92.2 Å². The number of rotatable bonds is 9. The third-order valence-corrected chi connectivity index (χ3v) is 25.0. The zero-order valence-corrected chi connectivity index (χ0v) is 67.9. The van der Waals surface area contributed by atoms with Crippen molar-refractivity contribution in [3.05, 3.63) is 437 Å². The minimum Gasteiger partial charge on any atom is -0.309 e. The molecule has 12 nitrogen and oxygen atoms in total. The fraction of sp³-hybridized carbons (Fsp3) is 0. The molecule has 12 heteroatoms. The van der Waals surface area contributed by atoms with Crippen LogP contribution in [0.4, 0.5) is 0 Å². The third kappa shape index (κ3) is 11.5. The molecule has 0 aliphatic heterocycles. The maximum absolute atomic E-state index is 5.26. The highest BCUT2D eigenvalue weighted by molar-refractivity contribution is 6.29. The summed E-state index contributed by atoms with van der Waals surface area (Å²) in [6, 6.07) is 153. The van der Waals surface area contributed by atoms with Crippen molar-refractivity contribution in [1.82, 2.24) is 57.3 Å². The molecule has 588 valence electrons. The smallest absolute Gasteiger partial charge is 0.235 e. The van der Waals surface area contributed by atoms with Gasteiger partial charge in [0.25, 0.3) is 0 Å². The lowest BCUT2D eigenvalue weighted by atomic mass is 10.1. The highest BCUT2D eigenvalue weighted by atomic mass is 15.2. The standard InChI is InChI=1S/3C38H24N4/c1-3-13-25(14-4-1)37-29-19-7-10-20-32(29)39-38(40-37)42-34-22-12-9-18-28(34)31-23-35-30(24-36(31)42)27-17-8-11-21-33(27)41(35)26-15-5-2-6-16-26;1-3-13-25(14-4-1)37-29-19-7-10-20-32(29)39-38(40-37)42-34-22-12-9-18-28(34)31-23-30-27-17-8-11-21-33(27)41(35(30)24-36(31)42)26-15-5-2-6-16-26;1-3-13-25(14-4-1)37-27-17-7-10-20-30(27)39-38(40-37)42-32-22-12-9-19-29(32)36-34(42)24-23-33-35(36)28-18-8-11-21-31(28)41(33)26-15-5-2-6-16-26/h3*1-24H. The first-order valence-electron chi connectivity index (χ1n) is 42.6. The van der Waals surface area contributed by atoms with Gasteiger partial charge in [0.1, 0.15) is 0 Å². The average molecular weight is 1610 g/mol. The first-order valence-corrected chi connectivity index (χ1v) is 42.6. The van der Waals surface area contributed by atoms with Gasteiger partial charge in [-0.1, -0.05) is 309 Å². The minimum atomic E-state index is 0.667. The third-order valence-electron chi connectivity index (χ3n) is 25.0. The Hall–Kier alpha value is -17.2. The van der Waals surface area contributed by atoms with E-state index in [1.54, 1.807) is 0 Å². The molecule has 126 heavy (non-hydrogen) atoms. The lowest BCUT2D eigenvalue weighted by Crippen LogP contribution is -2.03. The van der Waals surface area contributed by atoms with Crippen LogP contribution in [0.25, 0.3) is 232 Å². The van der Waals surface area contributed by atoms with E-state index in [2.05, 4.69) is 428 Å². The van der Waals surface area contributed by atoms with Crippen molar-refractivity contribution < 1.29 is 0 Å². The van der Waals surface area contributed by atoms with E-state index in [0.717, 1.165) is 122 Å². The summed E-state index contributed by atoms with van der Waals surface area (Å²) in [6.45, 7) is 0. The van der Waals surface area contributed by atoms with Crippen LogP contribution in [0.3, 0.4) is 0 Å². The first-order chi connectivity index (χ1) is 62.6. The Kier molecular flexibility index (Phi) is 16.7. The van der Waals surface area contributed by atoms with Gasteiger partial charge >= 0.3 is 0 Å². The van der Waals surface area contributed by atoms with Crippen molar-refractivity contribution in [3.8, 4) is 68.7 Å². The summed E-state index contributed by atoms with van der Waals surface area (Å²) in [5.74, 6) is 2.01.